The quantitative estimate of drug-likeness (QED) is 0.757. The number of para-hydroxylation sites is 1. The Morgan fingerprint density at radius 2 is 2.00 bits per heavy atom. The number of piperidine rings is 1. The van der Waals surface area contributed by atoms with Crippen molar-refractivity contribution in [3.63, 3.8) is 0 Å². The fraction of sp³-hybridized carbons (Fsp3) is 0.316. The zero-order chi connectivity index (χ0) is 17.9. The average molecular weight is 368 g/mol. The third kappa shape index (κ3) is 3.35. The highest BCUT2D eigenvalue weighted by Gasteiger charge is 2.24. The van der Waals surface area contributed by atoms with Gasteiger partial charge in [-0.1, -0.05) is 18.2 Å². The molecule has 0 aliphatic carbocycles. The Hall–Kier alpha value is -2.67. The SMILES string of the molecule is COC(=O)N1CCC(Nc2nc(-c3cccs3)nc3ccccc23)CC1. The highest BCUT2D eigenvalue weighted by atomic mass is 32.1. The summed E-state index contributed by atoms with van der Waals surface area (Å²) in [5.74, 6) is 1.60. The van der Waals surface area contributed by atoms with Crippen LogP contribution in [0.2, 0.25) is 0 Å². The first kappa shape index (κ1) is 16.8. The topological polar surface area (TPSA) is 67.3 Å². The number of likely N-dealkylation sites (tertiary alicyclic amines) is 1. The third-order valence-electron chi connectivity index (χ3n) is 4.61. The van der Waals surface area contributed by atoms with Gasteiger partial charge in [-0.3, -0.25) is 0 Å². The van der Waals surface area contributed by atoms with Gasteiger partial charge in [0.15, 0.2) is 5.82 Å². The molecule has 134 valence electrons. The highest BCUT2D eigenvalue weighted by Crippen LogP contribution is 2.28. The lowest BCUT2D eigenvalue weighted by Gasteiger charge is -2.31. The summed E-state index contributed by atoms with van der Waals surface area (Å²) in [5.41, 5.74) is 0.931. The number of carbonyl (C=O) groups is 1. The summed E-state index contributed by atoms with van der Waals surface area (Å²) in [4.78, 5) is 23.9. The van der Waals surface area contributed by atoms with E-state index in [0.717, 1.165) is 40.3 Å². The number of fused-ring (bicyclic) bond motifs is 1. The van der Waals surface area contributed by atoms with E-state index in [2.05, 4.69) is 5.32 Å². The molecule has 0 radical (unpaired) electrons. The van der Waals surface area contributed by atoms with Gasteiger partial charge in [0.25, 0.3) is 0 Å². The van der Waals surface area contributed by atoms with Crippen molar-refractivity contribution in [2.75, 3.05) is 25.5 Å². The zero-order valence-corrected chi connectivity index (χ0v) is 15.3. The largest absolute Gasteiger partial charge is 0.453 e. The number of anilines is 1. The van der Waals surface area contributed by atoms with E-state index in [-0.39, 0.29) is 12.1 Å². The van der Waals surface area contributed by atoms with E-state index in [0.29, 0.717) is 13.1 Å². The Balaban J connectivity index is 1.59. The van der Waals surface area contributed by atoms with Crippen LogP contribution in [0.5, 0.6) is 0 Å². The van der Waals surface area contributed by atoms with E-state index < -0.39 is 0 Å². The van der Waals surface area contributed by atoms with Gasteiger partial charge in [0.1, 0.15) is 5.82 Å². The summed E-state index contributed by atoms with van der Waals surface area (Å²) in [7, 11) is 1.42. The molecule has 1 saturated heterocycles. The van der Waals surface area contributed by atoms with Crippen LogP contribution in [0.1, 0.15) is 12.8 Å². The molecular formula is C19H20N4O2S. The first-order chi connectivity index (χ1) is 12.7. The molecule has 0 spiro atoms. The molecule has 6 nitrogen and oxygen atoms in total. The van der Waals surface area contributed by atoms with E-state index in [4.69, 9.17) is 14.7 Å². The smallest absolute Gasteiger partial charge is 0.409 e. The lowest BCUT2D eigenvalue weighted by Crippen LogP contribution is -2.42. The molecule has 1 aliphatic heterocycles. The predicted octanol–water partition coefficient (Wildman–Crippen LogP) is 4.00. The molecule has 0 saturated carbocycles. The van der Waals surface area contributed by atoms with Crippen LogP contribution in [0.25, 0.3) is 21.6 Å². The van der Waals surface area contributed by atoms with Gasteiger partial charge in [0.2, 0.25) is 0 Å². The fourth-order valence-electron chi connectivity index (χ4n) is 3.23. The second-order valence-electron chi connectivity index (χ2n) is 6.27. The number of ether oxygens (including phenoxy) is 1. The molecule has 0 bridgehead atoms. The van der Waals surface area contributed by atoms with Gasteiger partial charge < -0.3 is 15.0 Å². The Kier molecular flexibility index (Phi) is 4.71. The van der Waals surface area contributed by atoms with Crippen molar-refractivity contribution in [3.8, 4) is 10.7 Å². The number of nitrogens with zero attached hydrogens (tertiary/aromatic N) is 3. The first-order valence-corrected chi connectivity index (χ1v) is 9.52. The molecule has 1 fully saturated rings. The van der Waals surface area contributed by atoms with Crippen molar-refractivity contribution in [2.45, 2.75) is 18.9 Å². The molecule has 1 aliphatic rings. The molecule has 0 unspecified atom stereocenters. The number of amides is 1. The standard InChI is InChI=1S/C19H20N4O2S/c1-25-19(24)23-10-8-13(9-11-23)20-17-14-5-2-3-6-15(14)21-18(22-17)16-7-4-12-26-16/h2-7,12-13H,8-11H2,1H3,(H,20,21,22). The minimum atomic E-state index is -0.254. The van der Waals surface area contributed by atoms with Crippen LogP contribution in [0.3, 0.4) is 0 Å². The van der Waals surface area contributed by atoms with Gasteiger partial charge in [0.05, 0.1) is 17.5 Å². The number of benzene rings is 1. The van der Waals surface area contributed by atoms with Crippen LogP contribution >= 0.6 is 11.3 Å². The summed E-state index contributed by atoms with van der Waals surface area (Å²) < 4.78 is 4.81. The first-order valence-electron chi connectivity index (χ1n) is 8.64. The average Bonchev–Trinajstić information content (AvgIpc) is 3.23. The molecule has 1 amide bonds. The van der Waals surface area contributed by atoms with Crippen molar-refractivity contribution >= 4 is 34.2 Å². The van der Waals surface area contributed by atoms with E-state index in [1.54, 1.807) is 16.2 Å². The maximum atomic E-state index is 11.6. The van der Waals surface area contributed by atoms with Gasteiger partial charge in [-0.15, -0.1) is 11.3 Å². The Morgan fingerprint density at radius 1 is 1.19 bits per heavy atom. The van der Waals surface area contributed by atoms with Crippen molar-refractivity contribution in [1.29, 1.82) is 0 Å². The number of thiophene rings is 1. The molecule has 3 aromatic rings. The number of hydrogen-bond donors (Lipinski definition) is 1. The van der Waals surface area contributed by atoms with E-state index in [9.17, 15) is 4.79 Å². The maximum Gasteiger partial charge on any atom is 0.409 e. The summed E-state index contributed by atoms with van der Waals surface area (Å²) >= 11 is 1.63. The summed E-state index contributed by atoms with van der Waals surface area (Å²) in [5, 5.41) is 6.63. The number of aromatic nitrogens is 2. The lowest BCUT2D eigenvalue weighted by molar-refractivity contribution is 0.113. The van der Waals surface area contributed by atoms with Gasteiger partial charge in [-0.05, 0) is 36.4 Å². The molecule has 1 aromatic carbocycles. The van der Waals surface area contributed by atoms with Crippen LogP contribution in [0.15, 0.2) is 41.8 Å². The number of hydrogen-bond acceptors (Lipinski definition) is 6. The normalized spacial score (nSPS) is 15.2. The molecule has 1 N–H and O–H groups in total. The second-order valence-corrected chi connectivity index (χ2v) is 7.21. The molecule has 26 heavy (non-hydrogen) atoms. The molecular weight excluding hydrogens is 348 g/mol. The van der Waals surface area contributed by atoms with Crippen LogP contribution in [-0.2, 0) is 4.74 Å². The van der Waals surface area contributed by atoms with Crippen molar-refractivity contribution < 1.29 is 9.53 Å². The van der Waals surface area contributed by atoms with Crippen LogP contribution < -0.4 is 5.32 Å². The highest BCUT2D eigenvalue weighted by molar-refractivity contribution is 7.13. The number of carbonyl (C=O) groups excluding carboxylic acids is 1. The van der Waals surface area contributed by atoms with Gasteiger partial charge in [0, 0.05) is 24.5 Å². The molecule has 7 heteroatoms. The zero-order valence-electron chi connectivity index (χ0n) is 14.5. The fourth-order valence-corrected chi connectivity index (χ4v) is 3.89. The van der Waals surface area contributed by atoms with Crippen molar-refractivity contribution in [1.82, 2.24) is 14.9 Å². The predicted molar refractivity (Wildman–Crippen MR) is 103 cm³/mol. The third-order valence-corrected chi connectivity index (χ3v) is 5.48. The summed E-state index contributed by atoms with van der Waals surface area (Å²) in [6.07, 6.45) is 1.47. The van der Waals surface area contributed by atoms with Crippen LogP contribution in [-0.4, -0.2) is 47.2 Å². The van der Waals surface area contributed by atoms with E-state index >= 15 is 0 Å². The van der Waals surface area contributed by atoms with Gasteiger partial charge >= 0.3 is 6.09 Å². The summed E-state index contributed by atoms with van der Waals surface area (Å²) in [6.45, 7) is 1.37. The van der Waals surface area contributed by atoms with Gasteiger partial charge in [-0.2, -0.15) is 0 Å². The Labute approximate surface area is 155 Å². The van der Waals surface area contributed by atoms with Crippen LogP contribution in [0.4, 0.5) is 10.6 Å². The maximum absolute atomic E-state index is 11.6. The monoisotopic (exact) mass is 368 g/mol. The Morgan fingerprint density at radius 3 is 2.73 bits per heavy atom. The molecule has 0 atom stereocenters. The van der Waals surface area contributed by atoms with E-state index in [1.807, 2.05) is 41.8 Å². The number of methoxy groups -OCH3 is 1. The molecule has 2 aromatic heterocycles. The van der Waals surface area contributed by atoms with Gasteiger partial charge in [-0.25, -0.2) is 14.8 Å². The Bertz CT molecular complexity index is 905. The minimum Gasteiger partial charge on any atom is -0.453 e. The van der Waals surface area contributed by atoms with E-state index in [1.165, 1.54) is 7.11 Å². The van der Waals surface area contributed by atoms with Crippen LogP contribution in [0, 0.1) is 0 Å². The molecule has 3 heterocycles. The molecule has 4 rings (SSSR count). The summed E-state index contributed by atoms with van der Waals surface area (Å²) in [6, 6.07) is 12.4. The van der Waals surface area contributed by atoms with Crippen molar-refractivity contribution in [2.24, 2.45) is 0 Å². The lowest BCUT2D eigenvalue weighted by atomic mass is 10.1. The minimum absolute atomic E-state index is 0.254. The number of nitrogens with one attached hydrogen (secondary N) is 1. The second kappa shape index (κ2) is 7.29. The van der Waals surface area contributed by atoms with Crippen molar-refractivity contribution in [3.05, 3.63) is 41.8 Å². The number of rotatable bonds is 3.